The highest BCUT2D eigenvalue weighted by atomic mass is 16.5. The normalized spacial score (nSPS) is 15.9. The Balaban J connectivity index is 1.53. The summed E-state index contributed by atoms with van der Waals surface area (Å²) >= 11 is 0. The number of benzene rings is 1. The van der Waals surface area contributed by atoms with E-state index in [4.69, 9.17) is 9.47 Å². The Kier molecular flexibility index (Phi) is 5.65. The zero-order chi connectivity index (χ0) is 17.6. The molecule has 2 aromatic rings. The predicted molar refractivity (Wildman–Crippen MR) is 94.9 cm³/mol. The van der Waals surface area contributed by atoms with Crippen molar-refractivity contribution in [2.75, 3.05) is 33.3 Å². The molecular formula is C18H24N4O3. The second-order valence-electron chi connectivity index (χ2n) is 6.22. The van der Waals surface area contributed by atoms with E-state index in [1.54, 1.807) is 20.2 Å². The average Bonchev–Trinajstić information content (AvgIpc) is 2.62. The van der Waals surface area contributed by atoms with E-state index < -0.39 is 0 Å². The molecule has 0 spiro atoms. The Bertz CT molecular complexity index is 729. The lowest BCUT2D eigenvalue weighted by molar-refractivity contribution is -0.119. The van der Waals surface area contributed by atoms with E-state index in [0.717, 1.165) is 49.1 Å². The van der Waals surface area contributed by atoms with Crippen LogP contribution < -0.4 is 14.8 Å². The number of hydrogen-bond acceptors (Lipinski definition) is 6. The number of ether oxygens (including phenoxy) is 2. The largest absolute Gasteiger partial charge is 0.497 e. The van der Waals surface area contributed by atoms with Crippen LogP contribution >= 0.6 is 0 Å². The first-order valence-corrected chi connectivity index (χ1v) is 8.58. The van der Waals surface area contributed by atoms with Gasteiger partial charge in [-0.2, -0.15) is 4.98 Å². The van der Waals surface area contributed by atoms with E-state index in [-0.39, 0.29) is 12.0 Å². The molecule has 1 N–H and O–H groups in total. The van der Waals surface area contributed by atoms with Gasteiger partial charge in [-0.1, -0.05) is 0 Å². The number of aromatic nitrogens is 2. The molecule has 1 aliphatic heterocycles. The van der Waals surface area contributed by atoms with Crippen LogP contribution in [-0.4, -0.2) is 60.2 Å². The highest BCUT2D eigenvalue weighted by molar-refractivity contribution is 5.79. The molecule has 3 rings (SSSR count). The average molecular weight is 344 g/mol. The van der Waals surface area contributed by atoms with Crippen LogP contribution in [0.5, 0.6) is 11.8 Å². The van der Waals surface area contributed by atoms with Gasteiger partial charge >= 0.3 is 6.01 Å². The number of nitrogens with one attached hydrogen (secondary N) is 1. The fourth-order valence-electron chi connectivity index (χ4n) is 2.96. The number of rotatable bonds is 6. The van der Waals surface area contributed by atoms with Gasteiger partial charge in [-0.25, -0.2) is 4.98 Å². The Morgan fingerprint density at radius 3 is 2.88 bits per heavy atom. The number of methoxy groups -OCH3 is 1. The summed E-state index contributed by atoms with van der Waals surface area (Å²) in [6, 6.07) is 6.13. The highest BCUT2D eigenvalue weighted by Crippen LogP contribution is 2.21. The van der Waals surface area contributed by atoms with Crippen LogP contribution in [0.1, 0.15) is 19.8 Å². The van der Waals surface area contributed by atoms with Gasteiger partial charge in [-0.05, 0) is 25.0 Å². The number of hydrogen-bond donors (Lipinski definition) is 1. The summed E-state index contributed by atoms with van der Waals surface area (Å²) in [7, 11) is 1.64. The van der Waals surface area contributed by atoms with E-state index in [1.807, 2.05) is 18.2 Å². The Labute approximate surface area is 147 Å². The molecule has 1 aromatic heterocycles. The van der Waals surface area contributed by atoms with Crippen molar-refractivity contribution >= 4 is 16.8 Å². The molecule has 0 saturated carbocycles. The minimum Gasteiger partial charge on any atom is -0.497 e. The molecule has 134 valence electrons. The number of carbonyl (C=O) groups excluding carboxylic acids is 1. The molecule has 0 bridgehead atoms. The molecule has 25 heavy (non-hydrogen) atoms. The van der Waals surface area contributed by atoms with E-state index in [2.05, 4.69) is 20.2 Å². The number of piperidine rings is 1. The molecule has 7 nitrogen and oxygen atoms in total. The maximum absolute atomic E-state index is 10.9. The number of nitrogens with zero attached hydrogens (tertiary/aromatic N) is 3. The van der Waals surface area contributed by atoms with Crippen molar-refractivity contribution in [1.82, 2.24) is 20.2 Å². The van der Waals surface area contributed by atoms with E-state index in [0.29, 0.717) is 12.6 Å². The fraction of sp³-hybridized carbons (Fsp3) is 0.500. The van der Waals surface area contributed by atoms with Crippen molar-refractivity contribution < 1.29 is 14.3 Å². The van der Waals surface area contributed by atoms with Crippen LogP contribution in [-0.2, 0) is 4.79 Å². The van der Waals surface area contributed by atoms with Crippen LogP contribution in [0.3, 0.4) is 0 Å². The molecule has 0 atom stereocenters. The lowest BCUT2D eigenvalue weighted by Gasteiger charge is -2.31. The minimum atomic E-state index is 0.0169. The lowest BCUT2D eigenvalue weighted by Crippen LogP contribution is -2.42. The molecule has 1 aromatic carbocycles. The molecule has 1 aliphatic rings. The maximum Gasteiger partial charge on any atom is 0.317 e. The van der Waals surface area contributed by atoms with Crippen LogP contribution in [0.2, 0.25) is 0 Å². The topological polar surface area (TPSA) is 76.6 Å². The molecule has 1 amide bonds. The van der Waals surface area contributed by atoms with Crippen LogP contribution in [0, 0.1) is 0 Å². The Morgan fingerprint density at radius 1 is 1.36 bits per heavy atom. The summed E-state index contributed by atoms with van der Waals surface area (Å²) in [5.74, 6) is 0.785. The van der Waals surface area contributed by atoms with E-state index in [9.17, 15) is 4.79 Å². The molecule has 1 fully saturated rings. The van der Waals surface area contributed by atoms with Gasteiger partial charge in [0.25, 0.3) is 0 Å². The first-order chi connectivity index (χ1) is 12.1. The summed E-state index contributed by atoms with van der Waals surface area (Å²) in [6.45, 7) is 5.01. The van der Waals surface area contributed by atoms with Crippen molar-refractivity contribution in [3.63, 3.8) is 0 Å². The third kappa shape index (κ3) is 4.79. The first kappa shape index (κ1) is 17.4. The molecule has 2 heterocycles. The third-order valence-corrected chi connectivity index (χ3v) is 4.38. The zero-order valence-electron chi connectivity index (χ0n) is 14.7. The zero-order valence-corrected chi connectivity index (χ0v) is 14.7. The van der Waals surface area contributed by atoms with Gasteiger partial charge < -0.3 is 19.7 Å². The first-order valence-electron chi connectivity index (χ1n) is 8.58. The molecule has 1 saturated heterocycles. The van der Waals surface area contributed by atoms with Crippen LogP contribution in [0.25, 0.3) is 10.9 Å². The summed E-state index contributed by atoms with van der Waals surface area (Å²) in [5.41, 5.74) is 0.817. The van der Waals surface area contributed by atoms with Crippen LogP contribution in [0.4, 0.5) is 0 Å². The van der Waals surface area contributed by atoms with Crippen molar-refractivity contribution in [1.29, 1.82) is 0 Å². The summed E-state index contributed by atoms with van der Waals surface area (Å²) < 4.78 is 11.2. The number of fused-ring (bicyclic) bond motifs is 1. The number of amides is 1. The molecule has 0 unspecified atom stereocenters. The second kappa shape index (κ2) is 8.11. The third-order valence-electron chi connectivity index (χ3n) is 4.38. The molecule has 7 heteroatoms. The second-order valence-corrected chi connectivity index (χ2v) is 6.22. The monoisotopic (exact) mass is 344 g/mol. The number of carbonyl (C=O) groups is 1. The predicted octanol–water partition coefficient (Wildman–Crippen LogP) is 1.62. The van der Waals surface area contributed by atoms with Crippen LogP contribution in [0.15, 0.2) is 24.4 Å². The number of likely N-dealkylation sites (tertiary alicyclic amines) is 1. The highest BCUT2D eigenvalue weighted by Gasteiger charge is 2.21. The van der Waals surface area contributed by atoms with Crippen molar-refractivity contribution in [3.05, 3.63) is 24.4 Å². The van der Waals surface area contributed by atoms with Gasteiger partial charge in [-0.15, -0.1) is 0 Å². The SMILES string of the molecule is COc1ccc2cnc(OC3CCN(CCNC(C)=O)CC3)nc2c1. The van der Waals surface area contributed by atoms with E-state index >= 15 is 0 Å². The standard InChI is InChI=1S/C18H24N4O3/c1-13(23)19-7-10-22-8-5-15(6-9-22)25-18-20-12-14-3-4-16(24-2)11-17(14)21-18/h3-4,11-12,15H,5-10H2,1-2H3,(H,19,23). The smallest absolute Gasteiger partial charge is 0.317 e. The van der Waals surface area contributed by atoms with Crippen molar-refractivity contribution in [2.45, 2.75) is 25.9 Å². The lowest BCUT2D eigenvalue weighted by atomic mass is 10.1. The van der Waals surface area contributed by atoms with Gasteiger partial charge in [0.05, 0.1) is 12.6 Å². The summed E-state index contributed by atoms with van der Waals surface area (Å²) in [6.07, 6.45) is 3.76. The van der Waals surface area contributed by atoms with Gasteiger partial charge in [0.2, 0.25) is 5.91 Å². The van der Waals surface area contributed by atoms with Gasteiger partial charge in [0.1, 0.15) is 11.9 Å². The summed E-state index contributed by atoms with van der Waals surface area (Å²) in [5, 5.41) is 3.79. The quantitative estimate of drug-likeness (QED) is 0.858. The van der Waals surface area contributed by atoms with E-state index in [1.165, 1.54) is 0 Å². The molecule has 0 radical (unpaired) electrons. The van der Waals surface area contributed by atoms with Gasteiger partial charge in [-0.3, -0.25) is 4.79 Å². The maximum atomic E-state index is 10.9. The van der Waals surface area contributed by atoms with Gasteiger partial charge in [0, 0.05) is 50.8 Å². The molecular weight excluding hydrogens is 320 g/mol. The Hall–Kier alpha value is -2.41. The minimum absolute atomic E-state index is 0.0169. The summed E-state index contributed by atoms with van der Waals surface area (Å²) in [4.78, 5) is 22.0. The van der Waals surface area contributed by atoms with Crippen molar-refractivity contribution in [2.24, 2.45) is 0 Å². The van der Waals surface area contributed by atoms with Gasteiger partial charge in [0.15, 0.2) is 0 Å². The fourth-order valence-corrected chi connectivity index (χ4v) is 2.96. The molecule has 0 aliphatic carbocycles. The Morgan fingerprint density at radius 2 is 2.16 bits per heavy atom. The van der Waals surface area contributed by atoms with Crippen molar-refractivity contribution in [3.8, 4) is 11.8 Å².